The van der Waals surface area contributed by atoms with Crippen LogP contribution in [0.25, 0.3) is 11.4 Å². The van der Waals surface area contributed by atoms with Gasteiger partial charge in [-0.05, 0) is 23.6 Å². The SMILES string of the molecule is CC(C)c1ccc(N(CC(=O)N(C)Cc2nc(-c3ccccc3)no2)S(C)(=O)=O)cc1. The first-order chi connectivity index (χ1) is 14.6. The van der Waals surface area contributed by atoms with Gasteiger partial charge in [-0.1, -0.05) is 61.5 Å². The summed E-state index contributed by atoms with van der Waals surface area (Å²) in [5.74, 6) is 0.628. The van der Waals surface area contributed by atoms with Crippen molar-refractivity contribution in [2.24, 2.45) is 0 Å². The van der Waals surface area contributed by atoms with Crippen LogP contribution in [0.1, 0.15) is 31.2 Å². The van der Waals surface area contributed by atoms with Crippen LogP contribution < -0.4 is 4.31 Å². The molecule has 8 nitrogen and oxygen atoms in total. The van der Waals surface area contributed by atoms with Crippen molar-refractivity contribution in [1.82, 2.24) is 15.0 Å². The van der Waals surface area contributed by atoms with Crippen molar-refractivity contribution in [3.05, 3.63) is 66.1 Å². The van der Waals surface area contributed by atoms with Gasteiger partial charge in [0.15, 0.2) is 0 Å². The van der Waals surface area contributed by atoms with E-state index in [0.29, 0.717) is 17.4 Å². The minimum atomic E-state index is -3.65. The Labute approximate surface area is 182 Å². The van der Waals surface area contributed by atoms with Crippen molar-refractivity contribution in [1.29, 1.82) is 0 Å². The second-order valence-electron chi connectivity index (χ2n) is 7.64. The highest BCUT2D eigenvalue weighted by Gasteiger charge is 2.24. The van der Waals surface area contributed by atoms with E-state index in [-0.39, 0.29) is 19.0 Å². The molecule has 1 amide bonds. The number of amides is 1. The molecule has 0 saturated heterocycles. The Bertz CT molecular complexity index is 1130. The lowest BCUT2D eigenvalue weighted by molar-refractivity contribution is -0.129. The number of rotatable bonds is 8. The summed E-state index contributed by atoms with van der Waals surface area (Å²) in [6, 6.07) is 16.5. The minimum Gasteiger partial charge on any atom is -0.337 e. The van der Waals surface area contributed by atoms with E-state index < -0.39 is 15.9 Å². The molecular formula is C22H26N4O4S. The predicted octanol–water partition coefficient (Wildman–Crippen LogP) is 3.28. The third-order valence-electron chi connectivity index (χ3n) is 4.83. The first-order valence-electron chi connectivity index (χ1n) is 9.85. The Morgan fingerprint density at radius 2 is 1.71 bits per heavy atom. The quantitative estimate of drug-likeness (QED) is 0.531. The van der Waals surface area contributed by atoms with E-state index in [1.54, 1.807) is 19.2 Å². The average Bonchev–Trinajstić information content (AvgIpc) is 3.20. The maximum atomic E-state index is 12.8. The van der Waals surface area contributed by atoms with Gasteiger partial charge in [-0.2, -0.15) is 4.98 Å². The normalized spacial score (nSPS) is 11.5. The van der Waals surface area contributed by atoms with E-state index in [0.717, 1.165) is 21.7 Å². The van der Waals surface area contributed by atoms with Crippen LogP contribution in [0.15, 0.2) is 59.1 Å². The Kier molecular flexibility index (Phi) is 6.74. The molecule has 0 spiro atoms. The number of benzene rings is 2. The number of anilines is 1. The monoisotopic (exact) mass is 442 g/mol. The van der Waals surface area contributed by atoms with Crippen LogP contribution in [0.2, 0.25) is 0 Å². The van der Waals surface area contributed by atoms with Crippen LogP contribution in [-0.2, 0) is 21.4 Å². The summed E-state index contributed by atoms with van der Waals surface area (Å²) in [6.07, 6.45) is 1.08. The molecule has 3 rings (SSSR count). The van der Waals surface area contributed by atoms with Crippen molar-refractivity contribution >= 4 is 21.6 Å². The number of likely N-dealkylation sites (N-methyl/N-ethyl adjacent to an activating group) is 1. The van der Waals surface area contributed by atoms with E-state index in [9.17, 15) is 13.2 Å². The average molecular weight is 443 g/mol. The minimum absolute atomic E-state index is 0.0720. The highest BCUT2D eigenvalue weighted by molar-refractivity contribution is 7.92. The van der Waals surface area contributed by atoms with Gasteiger partial charge in [-0.15, -0.1) is 0 Å². The largest absolute Gasteiger partial charge is 0.337 e. The van der Waals surface area contributed by atoms with Crippen LogP contribution in [0.4, 0.5) is 5.69 Å². The van der Waals surface area contributed by atoms with E-state index in [2.05, 4.69) is 24.0 Å². The summed E-state index contributed by atoms with van der Waals surface area (Å²) < 4.78 is 31.0. The highest BCUT2D eigenvalue weighted by Crippen LogP contribution is 2.22. The van der Waals surface area contributed by atoms with Crippen LogP contribution in [0, 0.1) is 0 Å². The van der Waals surface area contributed by atoms with E-state index in [1.165, 1.54) is 4.90 Å². The number of aromatic nitrogens is 2. The fourth-order valence-electron chi connectivity index (χ4n) is 2.98. The molecular weight excluding hydrogens is 416 g/mol. The van der Waals surface area contributed by atoms with Gasteiger partial charge < -0.3 is 9.42 Å². The molecule has 1 heterocycles. The van der Waals surface area contributed by atoms with Gasteiger partial charge in [0.25, 0.3) is 0 Å². The molecule has 164 valence electrons. The molecule has 9 heteroatoms. The van der Waals surface area contributed by atoms with Crippen molar-refractivity contribution in [3.8, 4) is 11.4 Å². The van der Waals surface area contributed by atoms with Gasteiger partial charge in [-0.3, -0.25) is 9.10 Å². The van der Waals surface area contributed by atoms with Gasteiger partial charge in [0, 0.05) is 12.6 Å². The molecule has 1 aromatic heterocycles. The molecule has 3 aromatic rings. The lowest BCUT2D eigenvalue weighted by atomic mass is 10.0. The summed E-state index contributed by atoms with van der Waals surface area (Å²) in [7, 11) is -2.08. The molecule has 0 aliphatic carbocycles. The molecule has 31 heavy (non-hydrogen) atoms. The van der Waals surface area contributed by atoms with Crippen LogP contribution in [-0.4, -0.2) is 49.2 Å². The molecule has 0 N–H and O–H groups in total. The Balaban J connectivity index is 1.71. The third-order valence-corrected chi connectivity index (χ3v) is 5.97. The van der Waals surface area contributed by atoms with Gasteiger partial charge >= 0.3 is 0 Å². The smallest absolute Gasteiger partial charge is 0.246 e. The predicted molar refractivity (Wildman–Crippen MR) is 119 cm³/mol. The van der Waals surface area contributed by atoms with Gasteiger partial charge in [-0.25, -0.2) is 8.42 Å². The molecule has 0 bridgehead atoms. The summed E-state index contributed by atoms with van der Waals surface area (Å²) in [4.78, 5) is 18.4. The first kappa shape index (κ1) is 22.5. The number of hydrogen-bond acceptors (Lipinski definition) is 6. The molecule has 0 radical (unpaired) electrons. The molecule has 0 fully saturated rings. The second kappa shape index (κ2) is 9.30. The standard InChI is InChI=1S/C22H26N4O4S/c1-16(2)17-10-12-19(13-11-17)26(31(4,28)29)15-21(27)25(3)14-20-23-22(24-30-20)18-8-6-5-7-9-18/h5-13,16H,14-15H2,1-4H3. The Hall–Kier alpha value is -3.20. The van der Waals surface area contributed by atoms with Gasteiger partial charge in [0.05, 0.1) is 18.5 Å². The topological polar surface area (TPSA) is 96.6 Å². The summed E-state index contributed by atoms with van der Waals surface area (Å²) >= 11 is 0. The van der Waals surface area contributed by atoms with Gasteiger partial charge in [0.2, 0.25) is 27.6 Å². The Morgan fingerprint density at radius 1 is 1.06 bits per heavy atom. The van der Waals surface area contributed by atoms with Crippen LogP contribution in [0.3, 0.4) is 0 Å². The Morgan fingerprint density at radius 3 is 2.29 bits per heavy atom. The molecule has 2 aromatic carbocycles. The van der Waals surface area contributed by atoms with Crippen molar-refractivity contribution in [2.75, 3.05) is 24.2 Å². The van der Waals surface area contributed by atoms with Crippen molar-refractivity contribution in [2.45, 2.75) is 26.3 Å². The van der Waals surface area contributed by atoms with Crippen molar-refractivity contribution < 1.29 is 17.7 Å². The lowest BCUT2D eigenvalue weighted by Crippen LogP contribution is -2.41. The molecule has 0 aliphatic rings. The van der Waals surface area contributed by atoms with Crippen LogP contribution in [0.5, 0.6) is 0 Å². The summed E-state index contributed by atoms with van der Waals surface area (Å²) in [5.41, 5.74) is 2.34. The molecule has 0 saturated carbocycles. The van der Waals surface area contributed by atoms with E-state index in [4.69, 9.17) is 4.52 Å². The van der Waals surface area contributed by atoms with Crippen molar-refractivity contribution in [3.63, 3.8) is 0 Å². The number of nitrogens with zero attached hydrogens (tertiary/aromatic N) is 4. The third kappa shape index (κ3) is 5.69. The zero-order chi connectivity index (χ0) is 22.6. The number of carbonyl (C=O) groups excluding carboxylic acids is 1. The van der Waals surface area contributed by atoms with Gasteiger partial charge in [0.1, 0.15) is 6.54 Å². The first-order valence-corrected chi connectivity index (χ1v) is 11.7. The van der Waals surface area contributed by atoms with E-state index >= 15 is 0 Å². The zero-order valence-electron chi connectivity index (χ0n) is 18.0. The summed E-state index contributed by atoms with van der Waals surface area (Å²) in [6.45, 7) is 3.86. The number of hydrogen-bond donors (Lipinski definition) is 0. The van der Waals surface area contributed by atoms with E-state index in [1.807, 2.05) is 42.5 Å². The lowest BCUT2D eigenvalue weighted by Gasteiger charge is -2.25. The molecule has 0 unspecified atom stereocenters. The fraction of sp³-hybridized carbons (Fsp3) is 0.318. The summed E-state index contributed by atoms with van der Waals surface area (Å²) in [5, 5.41) is 3.94. The number of carbonyl (C=O) groups is 1. The molecule has 0 aliphatic heterocycles. The maximum absolute atomic E-state index is 12.8. The fourth-order valence-corrected chi connectivity index (χ4v) is 3.83. The number of sulfonamides is 1. The zero-order valence-corrected chi connectivity index (χ0v) is 18.8. The maximum Gasteiger partial charge on any atom is 0.246 e. The second-order valence-corrected chi connectivity index (χ2v) is 9.55. The highest BCUT2D eigenvalue weighted by atomic mass is 32.2. The van der Waals surface area contributed by atoms with Crippen LogP contribution >= 0.6 is 0 Å². The molecule has 0 atom stereocenters.